The predicted molar refractivity (Wildman–Crippen MR) is 140 cm³/mol. The van der Waals surface area contributed by atoms with Crippen LogP contribution in [0.1, 0.15) is 112 Å². The van der Waals surface area contributed by atoms with Crippen molar-refractivity contribution in [3.63, 3.8) is 0 Å². The predicted octanol–water partition coefficient (Wildman–Crippen LogP) is 9.19. The Morgan fingerprint density at radius 2 is 1.76 bits per heavy atom. The lowest BCUT2D eigenvalue weighted by Crippen LogP contribution is -2.12. The number of rotatable bonds is 12. The molecule has 0 fully saturated rings. The van der Waals surface area contributed by atoms with Gasteiger partial charge >= 0.3 is 0 Å². The van der Waals surface area contributed by atoms with Crippen LogP contribution in [0.4, 0.5) is 0 Å². The average Bonchev–Trinajstić information content (AvgIpc) is 2.66. The van der Waals surface area contributed by atoms with Crippen LogP contribution in [0.3, 0.4) is 0 Å². The molecule has 0 saturated carbocycles. The number of thiocarbonyl (C=S) groups is 1. The van der Waals surface area contributed by atoms with Gasteiger partial charge in [0.25, 0.3) is 0 Å². The minimum atomic E-state index is 0.785. The molecule has 0 aliphatic heterocycles. The molecular weight excluding hydrogens is 370 g/mol. The van der Waals surface area contributed by atoms with Gasteiger partial charge in [-0.25, -0.2) is 0 Å². The molecule has 0 bridgehead atoms. The van der Waals surface area contributed by atoms with Crippen LogP contribution >= 0.6 is 12.2 Å². The van der Waals surface area contributed by atoms with E-state index in [-0.39, 0.29) is 0 Å². The fraction of sp³-hybridized carbons (Fsp3) is 0.741. The first-order chi connectivity index (χ1) is 13.8. The van der Waals surface area contributed by atoms with Crippen molar-refractivity contribution in [3.05, 3.63) is 36.6 Å². The molecule has 1 rings (SSSR count). The summed E-state index contributed by atoms with van der Waals surface area (Å²) < 4.78 is 0. The Hall–Kier alpha value is -0.890. The number of hydrogen-bond acceptors (Lipinski definition) is 2. The zero-order chi connectivity index (χ0) is 22.5. The standard InChI is InChI=1S/C22H38S.C3H8.C2H5N/c1-5-9-19(4)12-13-21(16-18(2)3)17-22(23)15-14-20-10-7-6-8-11-20;1-3-2;1-2-3/h7,10-11,18-19,21H,5-6,8-9,12-17H2,1-4H3;3H2,1-2H3;2H,1,3H2. The van der Waals surface area contributed by atoms with Crippen molar-refractivity contribution in [1.29, 1.82) is 0 Å². The van der Waals surface area contributed by atoms with E-state index in [0.29, 0.717) is 0 Å². The second-order valence-electron chi connectivity index (χ2n) is 8.91. The molecule has 1 nitrogen and oxygen atoms in total. The summed E-state index contributed by atoms with van der Waals surface area (Å²) in [7, 11) is 0. The van der Waals surface area contributed by atoms with Crippen LogP contribution in [0, 0.1) is 17.8 Å². The van der Waals surface area contributed by atoms with Gasteiger partial charge in [-0.15, -0.1) is 0 Å². The number of nitrogens with two attached hydrogens (primary N) is 1. The lowest BCUT2D eigenvalue weighted by atomic mass is 9.85. The zero-order valence-electron chi connectivity index (χ0n) is 20.5. The smallest absolute Gasteiger partial charge is 0.00654 e. The van der Waals surface area contributed by atoms with Crippen LogP contribution in [0.5, 0.6) is 0 Å². The summed E-state index contributed by atoms with van der Waals surface area (Å²) in [4.78, 5) is 1.30. The summed E-state index contributed by atoms with van der Waals surface area (Å²) in [6.07, 6.45) is 22.1. The molecule has 2 N–H and O–H groups in total. The highest BCUT2D eigenvalue weighted by atomic mass is 32.1. The Labute approximate surface area is 189 Å². The molecule has 0 heterocycles. The zero-order valence-corrected chi connectivity index (χ0v) is 21.3. The molecule has 29 heavy (non-hydrogen) atoms. The summed E-state index contributed by atoms with van der Waals surface area (Å²) >= 11 is 5.73. The Kier molecular flexibility index (Phi) is 22.8. The summed E-state index contributed by atoms with van der Waals surface area (Å²) in [6.45, 7) is 16.8. The van der Waals surface area contributed by atoms with E-state index in [1.54, 1.807) is 0 Å². The largest absolute Gasteiger partial charge is 0.405 e. The molecule has 0 aromatic heterocycles. The van der Waals surface area contributed by atoms with Gasteiger partial charge in [0.1, 0.15) is 0 Å². The molecule has 2 heteroatoms. The minimum absolute atomic E-state index is 0.785. The molecule has 2 atom stereocenters. The summed E-state index contributed by atoms with van der Waals surface area (Å²) in [5.41, 5.74) is 6.11. The molecule has 1 aliphatic rings. The van der Waals surface area contributed by atoms with E-state index in [0.717, 1.165) is 30.6 Å². The van der Waals surface area contributed by atoms with Crippen molar-refractivity contribution in [3.8, 4) is 0 Å². The van der Waals surface area contributed by atoms with Gasteiger partial charge in [0.15, 0.2) is 0 Å². The molecule has 170 valence electrons. The van der Waals surface area contributed by atoms with Crippen LogP contribution in [0.15, 0.2) is 36.6 Å². The molecule has 0 saturated heterocycles. The van der Waals surface area contributed by atoms with Gasteiger partial charge in [-0.3, -0.25) is 0 Å². The minimum Gasteiger partial charge on any atom is -0.405 e. The van der Waals surface area contributed by atoms with E-state index in [2.05, 4.69) is 72.1 Å². The van der Waals surface area contributed by atoms with Crippen molar-refractivity contribution < 1.29 is 0 Å². The summed E-state index contributed by atoms with van der Waals surface area (Å²) in [5.74, 6) is 2.46. The maximum Gasteiger partial charge on any atom is -0.00654 e. The van der Waals surface area contributed by atoms with Crippen LogP contribution in [-0.2, 0) is 0 Å². The first-order valence-electron chi connectivity index (χ1n) is 12.0. The number of allylic oxidation sites excluding steroid dienone is 4. The first-order valence-corrected chi connectivity index (χ1v) is 12.4. The van der Waals surface area contributed by atoms with Crippen LogP contribution < -0.4 is 5.73 Å². The molecular formula is C27H51NS. The summed E-state index contributed by atoms with van der Waals surface area (Å²) in [5, 5.41) is 0. The Morgan fingerprint density at radius 3 is 2.24 bits per heavy atom. The van der Waals surface area contributed by atoms with Crippen LogP contribution in [0.2, 0.25) is 0 Å². The molecule has 0 aromatic rings. The monoisotopic (exact) mass is 421 g/mol. The fourth-order valence-corrected chi connectivity index (χ4v) is 4.03. The van der Waals surface area contributed by atoms with Gasteiger partial charge in [0.05, 0.1) is 0 Å². The van der Waals surface area contributed by atoms with Crippen molar-refractivity contribution in [2.45, 2.75) is 112 Å². The summed E-state index contributed by atoms with van der Waals surface area (Å²) in [6, 6.07) is 0. The van der Waals surface area contributed by atoms with Crippen molar-refractivity contribution in [2.24, 2.45) is 23.5 Å². The van der Waals surface area contributed by atoms with Crippen molar-refractivity contribution in [2.75, 3.05) is 0 Å². The third kappa shape index (κ3) is 21.6. The molecule has 1 aliphatic carbocycles. The topological polar surface area (TPSA) is 26.0 Å². The van der Waals surface area contributed by atoms with Gasteiger partial charge in [0.2, 0.25) is 0 Å². The van der Waals surface area contributed by atoms with E-state index >= 15 is 0 Å². The molecule has 2 unspecified atom stereocenters. The average molecular weight is 422 g/mol. The maximum absolute atomic E-state index is 5.73. The molecule has 0 aromatic carbocycles. The second-order valence-corrected chi connectivity index (χ2v) is 9.49. The third-order valence-electron chi connectivity index (χ3n) is 4.93. The maximum atomic E-state index is 5.73. The Morgan fingerprint density at radius 1 is 1.14 bits per heavy atom. The van der Waals surface area contributed by atoms with Gasteiger partial charge < -0.3 is 5.73 Å². The fourth-order valence-electron chi connectivity index (χ4n) is 3.69. The van der Waals surface area contributed by atoms with E-state index in [1.165, 1.54) is 74.4 Å². The van der Waals surface area contributed by atoms with Crippen LogP contribution in [-0.4, -0.2) is 4.86 Å². The first kappa shape index (κ1) is 30.3. The molecule has 0 spiro atoms. The highest BCUT2D eigenvalue weighted by Gasteiger charge is 2.15. The van der Waals surface area contributed by atoms with E-state index < -0.39 is 0 Å². The van der Waals surface area contributed by atoms with E-state index in [9.17, 15) is 0 Å². The van der Waals surface area contributed by atoms with E-state index in [1.807, 2.05) is 0 Å². The van der Waals surface area contributed by atoms with Gasteiger partial charge in [-0.05, 0) is 73.8 Å². The lowest BCUT2D eigenvalue weighted by Gasteiger charge is -2.21. The third-order valence-corrected chi connectivity index (χ3v) is 5.31. The van der Waals surface area contributed by atoms with Gasteiger partial charge in [0, 0.05) is 0 Å². The highest BCUT2D eigenvalue weighted by molar-refractivity contribution is 7.80. The number of hydrogen-bond donors (Lipinski definition) is 1. The second kappa shape index (κ2) is 21.8. The van der Waals surface area contributed by atoms with E-state index in [4.69, 9.17) is 12.2 Å². The Balaban J connectivity index is 0. The normalized spacial score (nSPS) is 14.7. The Bertz CT molecular complexity index is 447. The van der Waals surface area contributed by atoms with Crippen molar-refractivity contribution >= 4 is 17.1 Å². The molecule has 0 radical (unpaired) electrons. The van der Waals surface area contributed by atoms with Crippen molar-refractivity contribution in [1.82, 2.24) is 0 Å². The highest BCUT2D eigenvalue weighted by Crippen LogP contribution is 2.26. The molecule has 0 amide bonds. The quantitative estimate of drug-likeness (QED) is 0.318. The van der Waals surface area contributed by atoms with Gasteiger partial charge in [-0.2, -0.15) is 0 Å². The lowest BCUT2D eigenvalue weighted by molar-refractivity contribution is 0.349. The SMILES string of the molecule is C=CN.CCC.CCCC(C)CCC(CC(=S)CCC1=CCCC=C1)CC(C)C. The van der Waals surface area contributed by atoms with Gasteiger partial charge in [-0.1, -0.05) is 110 Å². The van der Waals surface area contributed by atoms with Crippen LogP contribution in [0.25, 0.3) is 0 Å².